The number of halogens is 1. The van der Waals surface area contributed by atoms with Gasteiger partial charge in [-0.25, -0.2) is 31.1 Å². The Morgan fingerprint density at radius 1 is 1.24 bits per heavy atom. The molecule has 1 aromatic rings. The highest BCUT2D eigenvalue weighted by Gasteiger charge is 2.28. The van der Waals surface area contributed by atoms with Crippen molar-refractivity contribution in [2.75, 3.05) is 0 Å². The zero-order valence-electron chi connectivity index (χ0n) is 12.1. The first-order valence-corrected chi connectivity index (χ1v) is 9.28. The predicted molar refractivity (Wildman–Crippen MR) is 77.1 cm³/mol. The lowest BCUT2D eigenvalue weighted by Crippen LogP contribution is -2.43. The first-order chi connectivity index (χ1) is 9.39. The molecule has 0 aliphatic rings. The number of nitrogens with one attached hydrogen (secondary N) is 1. The maximum Gasteiger partial charge on any atom is 0.243 e. The van der Waals surface area contributed by atoms with Gasteiger partial charge in [0.2, 0.25) is 20.0 Å². The second kappa shape index (κ2) is 5.99. The van der Waals surface area contributed by atoms with Crippen LogP contribution >= 0.6 is 0 Å². The number of rotatable bonds is 6. The molecule has 0 saturated carbocycles. The lowest BCUT2D eigenvalue weighted by molar-refractivity contribution is 0.416. The molecular formula is C12H19FN2O4S2. The van der Waals surface area contributed by atoms with E-state index in [1.165, 1.54) is 0 Å². The maximum atomic E-state index is 13.9. The molecule has 0 heterocycles. The summed E-state index contributed by atoms with van der Waals surface area (Å²) in [5, 5.41) is 4.87. The average molecular weight is 338 g/mol. The van der Waals surface area contributed by atoms with Crippen LogP contribution in [0.3, 0.4) is 0 Å². The minimum Gasteiger partial charge on any atom is -0.225 e. The van der Waals surface area contributed by atoms with Crippen molar-refractivity contribution in [2.45, 2.75) is 48.9 Å². The molecule has 1 rings (SSSR count). The molecule has 0 aliphatic carbocycles. The Morgan fingerprint density at radius 3 is 2.24 bits per heavy atom. The van der Waals surface area contributed by atoms with Crippen LogP contribution in [0, 0.1) is 5.82 Å². The summed E-state index contributed by atoms with van der Waals surface area (Å²) < 4.78 is 62.9. The molecular weight excluding hydrogens is 319 g/mol. The molecule has 0 spiro atoms. The van der Waals surface area contributed by atoms with E-state index in [-0.39, 0.29) is 0 Å². The Hall–Kier alpha value is -1.03. The van der Waals surface area contributed by atoms with Gasteiger partial charge in [-0.05, 0) is 38.5 Å². The number of sulfonamides is 2. The molecule has 0 bridgehead atoms. The van der Waals surface area contributed by atoms with Crippen molar-refractivity contribution in [3.05, 3.63) is 24.0 Å². The minimum atomic E-state index is -4.09. The topological polar surface area (TPSA) is 106 Å². The van der Waals surface area contributed by atoms with E-state index in [4.69, 9.17) is 5.14 Å². The number of primary sulfonamides is 1. The number of hydrogen-bond donors (Lipinski definition) is 2. The van der Waals surface area contributed by atoms with E-state index in [9.17, 15) is 21.2 Å². The predicted octanol–water partition coefficient (Wildman–Crippen LogP) is 1.33. The molecule has 0 aliphatic heterocycles. The van der Waals surface area contributed by atoms with Crippen LogP contribution in [-0.2, 0) is 20.0 Å². The Labute approximate surface area is 124 Å². The average Bonchev–Trinajstić information content (AvgIpc) is 2.25. The van der Waals surface area contributed by atoms with Crippen LogP contribution in [0.2, 0.25) is 0 Å². The largest absolute Gasteiger partial charge is 0.243 e. The van der Waals surface area contributed by atoms with E-state index in [1.54, 1.807) is 13.8 Å². The van der Waals surface area contributed by atoms with E-state index in [0.29, 0.717) is 12.5 Å². The number of nitrogens with two attached hydrogens (primary N) is 1. The molecule has 120 valence electrons. The lowest BCUT2D eigenvalue weighted by atomic mass is 10.0. The standard InChI is InChI=1S/C12H19FN2O4S2/c1-4-7-12(2,3)15-21(18,19)11-6-5-9(8-10(11)13)20(14,16)17/h5-6,8,15H,4,7H2,1-3H3,(H2,14,16,17). The number of benzene rings is 1. The van der Waals surface area contributed by atoms with Gasteiger partial charge < -0.3 is 0 Å². The normalized spacial score (nSPS) is 13.4. The zero-order valence-corrected chi connectivity index (χ0v) is 13.7. The highest BCUT2D eigenvalue weighted by molar-refractivity contribution is 7.89. The van der Waals surface area contributed by atoms with Gasteiger partial charge in [0.15, 0.2) is 0 Å². The first-order valence-electron chi connectivity index (χ1n) is 6.25. The molecule has 9 heteroatoms. The van der Waals surface area contributed by atoms with Gasteiger partial charge in [0.25, 0.3) is 0 Å². The summed E-state index contributed by atoms with van der Waals surface area (Å²) >= 11 is 0. The molecule has 0 atom stereocenters. The second-order valence-corrected chi connectivity index (χ2v) is 8.59. The monoisotopic (exact) mass is 338 g/mol. The van der Waals surface area contributed by atoms with E-state index >= 15 is 0 Å². The molecule has 6 nitrogen and oxygen atoms in total. The van der Waals surface area contributed by atoms with Crippen molar-refractivity contribution in [2.24, 2.45) is 5.14 Å². The van der Waals surface area contributed by atoms with E-state index < -0.39 is 41.2 Å². The Morgan fingerprint density at radius 2 is 1.81 bits per heavy atom. The Kier molecular flexibility index (Phi) is 5.14. The summed E-state index contributed by atoms with van der Waals surface area (Å²) in [5.74, 6) is -1.17. The summed E-state index contributed by atoms with van der Waals surface area (Å²) in [7, 11) is -8.18. The molecule has 0 saturated heterocycles. The van der Waals surface area contributed by atoms with Crippen LogP contribution in [0.1, 0.15) is 33.6 Å². The van der Waals surface area contributed by atoms with Gasteiger partial charge in [0.05, 0.1) is 4.90 Å². The zero-order chi connectivity index (χ0) is 16.5. The third kappa shape index (κ3) is 4.73. The van der Waals surface area contributed by atoms with Crippen LogP contribution < -0.4 is 9.86 Å². The minimum absolute atomic E-state index is 0.480. The van der Waals surface area contributed by atoms with Crippen molar-refractivity contribution in [1.29, 1.82) is 0 Å². The highest BCUT2D eigenvalue weighted by atomic mass is 32.2. The van der Waals surface area contributed by atoms with Gasteiger partial charge in [-0.2, -0.15) is 0 Å². The summed E-state index contributed by atoms with van der Waals surface area (Å²) in [6, 6.07) is 2.44. The van der Waals surface area contributed by atoms with Gasteiger partial charge in [0.1, 0.15) is 10.7 Å². The summed E-state index contributed by atoms with van der Waals surface area (Å²) in [5.41, 5.74) is -0.737. The quantitative estimate of drug-likeness (QED) is 0.816. The highest BCUT2D eigenvalue weighted by Crippen LogP contribution is 2.21. The molecule has 0 amide bonds. The molecule has 21 heavy (non-hydrogen) atoms. The van der Waals surface area contributed by atoms with Gasteiger partial charge in [-0.1, -0.05) is 13.3 Å². The van der Waals surface area contributed by atoms with Crippen LogP contribution in [0.25, 0.3) is 0 Å². The molecule has 1 aromatic carbocycles. The van der Waals surface area contributed by atoms with Gasteiger partial charge >= 0.3 is 0 Å². The molecule has 3 N–H and O–H groups in total. The maximum absolute atomic E-state index is 13.9. The van der Waals surface area contributed by atoms with Crippen molar-refractivity contribution < 1.29 is 21.2 Å². The van der Waals surface area contributed by atoms with E-state index in [0.717, 1.165) is 18.6 Å². The summed E-state index contributed by atoms with van der Waals surface area (Å²) in [6.07, 6.45) is 1.32. The van der Waals surface area contributed by atoms with Gasteiger partial charge in [0, 0.05) is 5.54 Å². The van der Waals surface area contributed by atoms with Crippen molar-refractivity contribution in [3.8, 4) is 0 Å². The molecule has 0 unspecified atom stereocenters. The van der Waals surface area contributed by atoms with Gasteiger partial charge in [-0.15, -0.1) is 0 Å². The van der Waals surface area contributed by atoms with E-state index in [1.807, 2.05) is 6.92 Å². The molecule has 0 radical (unpaired) electrons. The third-order valence-electron chi connectivity index (χ3n) is 2.81. The van der Waals surface area contributed by atoms with Crippen LogP contribution in [-0.4, -0.2) is 22.4 Å². The van der Waals surface area contributed by atoms with Crippen LogP contribution in [0.15, 0.2) is 28.0 Å². The van der Waals surface area contributed by atoms with E-state index in [2.05, 4.69) is 4.72 Å². The Balaban J connectivity index is 3.22. The fourth-order valence-corrected chi connectivity index (χ4v) is 4.00. The fraction of sp³-hybridized carbons (Fsp3) is 0.500. The van der Waals surface area contributed by atoms with Crippen molar-refractivity contribution in [3.63, 3.8) is 0 Å². The summed E-state index contributed by atoms with van der Waals surface area (Å²) in [6.45, 7) is 5.27. The van der Waals surface area contributed by atoms with Crippen molar-refractivity contribution in [1.82, 2.24) is 4.72 Å². The SMILES string of the molecule is CCCC(C)(C)NS(=O)(=O)c1ccc(S(N)(=O)=O)cc1F. The van der Waals surface area contributed by atoms with Crippen molar-refractivity contribution >= 4 is 20.0 Å². The van der Waals surface area contributed by atoms with Crippen LogP contribution in [0.5, 0.6) is 0 Å². The second-order valence-electron chi connectivity index (χ2n) is 5.38. The van der Waals surface area contributed by atoms with Gasteiger partial charge in [-0.3, -0.25) is 0 Å². The lowest BCUT2D eigenvalue weighted by Gasteiger charge is -2.25. The smallest absolute Gasteiger partial charge is 0.225 e. The Bertz CT molecular complexity index is 728. The molecule has 0 aromatic heterocycles. The third-order valence-corrected chi connectivity index (χ3v) is 5.45. The fourth-order valence-electron chi connectivity index (χ4n) is 1.97. The first kappa shape index (κ1) is 18.0. The molecule has 0 fully saturated rings. The number of hydrogen-bond acceptors (Lipinski definition) is 4. The summed E-state index contributed by atoms with van der Waals surface area (Å²) in [4.78, 5) is -1.09. The van der Waals surface area contributed by atoms with Crippen LogP contribution in [0.4, 0.5) is 4.39 Å².